The third kappa shape index (κ3) is 4.99. The van der Waals surface area contributed by atoms with Gasteiger partial charge >= 0.3 is 5.97 Å². The first-order chi connectivity index (χ1) is 10.4. The van der Waals surface area contributed by atoms with Gasteiger partial charge in [0.25, 0.3) is 0 Å². The first kappa shape index (κ1) is 19.6. The lowest BCUT2D eigenvalue weighted by atomic mass is 9.80. The van der Waals surface area contributed by atoms with E-state index in [4.69, 9.17) is 16.3 Å². The van der Waals surface area contributed by atoms with Gasteiger partial charge in [-0.2, -0.15) is 0 Å². The maximum atomic E-state index is 13.7. The Morgan fingerprint density at radius 1 is 1.26 bits per heavy atom. The number of rotatable bonds is 4. The van der Waals surface area contributed by atoms with Crippen molar-refractivity contribution in [3.8, 4) is 0 Å². The number of ether oxygens (including phenoxy) is 1. The third-order valence-corrected chi connectivity index (χ3v) is 3.66. The molecular weight excluding hydrogens is 329 g/mol. The van der Waals surface area contributed by atoms with Gasteiger partial charge in [-0.05, 0) is 19.3 Å². The molecule has 0 aromatic heterocycles. The number of hydrogen-bond acceptors (Lipinski definition) is 2. The number of allylic oxidation sites excluding steroid dienone is 1. The molecule has 128 valence electrons. The van der Waals surface area contributed by atoms with E-state index < -0.39 is 51.9 Å². The molecule has 0 aliphatic heterocycles. The molecule has 0 amide bonds. The minimum atomic E-state index is -1.38. The van der Waals surface area contributed by atoms with Crippen molar-refractivity contribution in [2.75, 3.05) is 0 Å². The maximum Gasteiger partial charge on any atom is 0.313 e. The highest BCUT2D eigenvalue weighted by atomic mass is 35.5. The largest absolute Gasteiger partial charge is 0.460 e. The van der Waals surface area contributed by atoms with Gasteiger partial charge in [0.2, 0.25) is 0 Å². The molecule has 0 aliphatic carbocycles. The van der Waals surface area contributed by atoms with E-state index in [1.165, 1.54) is 0 Å². The van der Waals surface area contributed by atoms with Crippen LogP contribution in [0.1, 0.15) is 40.2 Å². The van der Waals surface area contributed by atoms with E-state index in [9.17, 15) is 18.0 Å². The standard InChI is InChI=1S/C17H20ClF3O2/c1-9(2)6-11(17(3,4)5)16(22)23-8-10-14(18)12(19)7-13(20)15(10)21/h6-7,11H,8H2,1-5H3. The first-order valence-electron chi connectivity index (χ1n) is 7.08. The van der Waals surface area contributed by atoms with Gasteiger partial charge in [-0.1, -0.05) is 44.0 Å². The van der Waals surface area contributed by atoms with E-state index in [1.54, 1.807) is 6.08 Å². The zero-order valence-corrected chi connectivity index (χ0v) is 14.5. The minimum absolute atomic E-state index is 0.351. The molecule has 1 atom stereocenters. The molecule has 0 aliphatic rings. The molecule has 0 saturated heterocycles. The summed E-state index contributed by atoms with van der Waals surface area (Å²) in [6.45, 7) is 8.60. The van der Waals surface area contributed by atoms with Crippen LogP contribution in [0.3, 0.4) is 0 Å². The molecule has 1 unspecified atom stereocenters. The Kier molecular flexibility index (Phi) is 6.28. The molecule has 2 nitrogen and oxygen atoms in total. The first-order valence-corrected chi connectivity index (χ1v) is 7.46. The van der Waals surface area contributed by atoms with Crippen LogP contribution in [0.4, 0.5) is 13.2 Å². The topological polar surface area (TPSA) is 26.3 Å². The fourth-order valence-corrected chi connectivity index (χ4v) is 2.18. The zero-order chi connectivity index (χ0) is 17.9. The number of carbonyl (C=O) groups excluding carboxylic acids is 1. The Hall–Kier alpha value is -1.49. The molecular formula is C17H20ClF3O2. The lowest BCUT2D eigenvalue weighted by Crippen LogP contribution is -2.29. The van der Waals surface area contributed by atoms with Crippen LogP contribution in [0.25, 0.3) is 0 Å². The average Bonchev–Trinajstić information content (AvgIpc) is 2.41. The van der Waals surface area contributed by atoms with Crippen LogP contribution in [0, 0.1) is 28.8 Å². The highest BCUT2D eigenvalue weighted by Crippen LogP contribution is 2.31. The number of esters is 1. The molecule has 0 bridgehead atoms. The van der Waals surface area contributed by atoms with E-state index >= 15 is 0 Å². The van der Waals surface area contributed by atoms with Crippen molar-refractivity contribution in [1.82, 2.24) is 0 Å². The molecule has 0 spiro atoms. The van der Waals surface area contributed by atoms with Crippen LogP contribution in [-0.2, 0) is 16.1 Å². The lowest BCUT2D eigenvalue weighted by Gasteiger charge is -2.27. The summed E-state index contributed by atoms with van der Waals surface area (Å²) < 4.78 is 45.4. The van der Waals surface area contributed by atoms with Crippen molar-refractivity contribution in [1.29, 1.82) is 0 Å². The van der Waals surface area contributed by atoms with Gasteiger partial charge in [0.15, 0.2) is 11.6 Å². The van der Waals surface area contributed by atoms with Crippen molar-refractivity contribution in [2.45, 2.75) is 41.2 Å². The number of halogens is 4. The molecule has 0 fully saturated rings. The van der Waals surface area contributed by atoms with Gasteiger partial charge in [-0.25, -0.2) is 13.2 Å². The second-order valence-corrected chi connectivity index (χ2v) is 7.02. The predicted octanol–water partition coefficient (Wildman–Crippen LogP) is 5.43. The zero-order valence-electron chi connectivity index (χ0n) is 13.8. The Balaban J connectivity index is 3.02. The minimum Gasteiger partial charge on any atom is -0.460 e. The normalized spacial score (nSPS) is 12.7. The smallest absolute Gasteiger partial charge is 0.313 e. The van der Waals surface area contributed by atoms with Gasteiger partial charge in [0.1, 0.15) is 12.4 Å². The molecule has 1 aromatic carbocycles. The summed E-state index contributed by atoms with van der Waals surface area (Å²) in [7, 11) is 0. The highest BCUT2D eigenvalue weighted by molar-refractivity contribution is 6.31. The van der Waals surface area contributed by atoms with Gasteiger partial charge in [0, 0.05) is 11.6 Å². The molecule has 0 radical (unpaired) electrons. The van der Waals surface area contributed by atoms with Crippen LogP contribution >= 0.6 is 11.6 Å². The molecule has 23 heavy (non-hydrogen) atoms. The quantitative estimate of drug-likeness (QED) is 0.412. The maximum absolute atomic E-state index is 13.7. The second kappa shape index (κ2) is 7.39. The summed E-state index contributed by atoms with van der Waals surface area (Å²) >= 11 is 5.62. The Morgan fingerprint density at radius 3 is 2.30 bits per heavy atom. The molecule has 0 saturated carbocycles. The van der Waals surface area contributed by atoms with Crippen molar-refractivity contribution in [2.24, 2.45) is 11.3 Å². The summed E-state index contributed by atoms with van der Waals surface area (Å²) in [5, 5.41) is -0.591. The molecule has 0 heterocycles. The summed E-state index contributed by atoms with van der Waals surface area (Å²) in [6, 6.07) is 0.351. The summed E-state index contributed by atoms with van der Waals surface area (Å²) in [5.41, 5.74) is -0.0191. The van der Waals surface area contributed by atoms with Crippen LogP contribution in [-0.4, -0.2) is 5.97 Å². The van der Waals surface area contributed by atoms with E-state index in [0.29, 0.717) is 6.07 Å². The van der Waals surface area contributed by atoms with Crippen molar-refractivity contribution in [3.05, 3.63) is 45.8 Å². The number of carbonyl (C=O) groups is 1. The molecule has 0 N–H and O–H groups in total. The van der Waals surface area contributed by atoms with E-state index in [-0.39, 0.29) is 0 Å². The van der Waals surface area contributed by atoms with Gasteiger partial charge in [-0.15, -0.1) is 0 Å². The molecule has 1 aromatic rings. The van der Waals surface area contributed by atoms with Gasteiger partial charge in [-0.3, -0.25) is 4.79 Å². The number of hydrogen-bond donors (Lipinski definition) is 0. The van der Waals surface area contributed by atoms with Crippen molar-refractivity contribution in [3.63, 3.8) is 0 Å². The Bertz CT molecular complexity index is 603. The van der Waals surface area contributed by atoms with Crippen LogP contribution in [0.5, 0.6) is 0 Å². The summed E-state index contributed by atoms with van der Waals surface area (Å²) in [6.07, 6.45) is 1.74. The van der Waals surface area contributed by atoms with Crippen LogP contribution in [0.15, 0.2) is 17.7 Å². The second-order valence-electron chi connectivity index (χ2n) is 6.64. The van der Waals surface area contributed by atoms with E-state index in [0.717, 1.165) is 5.57 Å². The van der Waals surface area contributed by atoms with Crippen molar-refractivity contribution < 1.29 is 22.7 Å². The Morgan fingerprint density at radius 2 is 1.83 bits per heavy atom. The monoisotopic (exact) mass is 348 g/mol. The van der Waals surface area contributed by atoms with Crippen LogP contribution in [0.2, 0.25) is 5.02 Å². The molecule has 1 rings (SSSR count). The lowest BCUT2D eigenvalue weighted by molar-refractivity contribution is -0.151. The van der Waals surface area contributed by atoms with Gasteiger partial charge < -0.3 is 4.74 Å². The van der Waals surface area contributed by atoms with Crippen molar-refractivity contribution >= 4 is 17.6 Å². The third-order valence-electron chi connectivity index (χ3n) is 3.25. The predicted molar refractivity (Wildman–Crippen MR) is 83.5 cm³/mol. The van der Waals surface area contributed by atoms with Gasteiger partial charge in [0.05, 0.1) is 10.9 Å². The Labute approximate surface area is 139 Å². The summed E-state index contributed by atoms with van der Waals surface area (Å²) in [5.74, 6) is -4.99. The van der Waals surface area contributed by atoms with E-state index in [1.807, 2.05) is 34.6 Å². The van der Waals surface area contributed by atoms with Crippen LogP contribution < -0.4 is 0 Å². The SMILES string of the molecule is CC(C)=CC(C(=O)OCc1c(F)c(F)cc(F)c1Cl)C(C)(C)C. The van der Waals surface area contributed by atoms with E-state index in [2.05, 4.69) is 0 Å². The summed E-state index contributed by atoms with van der Waals surface area (Å²) in [4.78, 5) is 12.3. The highest BCUT2D eigenvalue weighted by Gasteiger charge is 2.31. The average molecular weight is 349 g/mol. The number of benzene rings is 1. The molecule has 6 heteroatoms. The fraction of sp³-hybridized carbons (Fsp3) is 0.471. The fourth-order valence-electron chi connectivity index (χ4n) is 1.99.